The van der Waals surface area contributed by atoms with Crippen LogP contribution < -0.4 is 14.2 Å². The van der Waals surface area contributed by atoms with Crippen LogP contribution in [0.5, 0.6) is 17.2 Å². The second kappa shape index (κ2) is 11.3. The molecule has 4 rings (SSSR count). The summed E-state index contributed by atoms with van der Waals surface area (Å²) in [5, 5.41) is 0. The van der Waals surface area contributed by atoms with Crippen molar-refractivity contribution in [3.05, 3.63) is 90.4 Å². The molecule has 1 aromatic heterocycles. The SMILES string of the molecule is C=CCN(CC(=O)N(Cc1ccc2c(c1)OCO2)Cc1ccc(C)o1)C(=O)COc1ccccc1. The average molecular weight is 477 g/mol. The van der Waals surface area contributed by atoms with Crippen molar-refractivity contribution >= 4 is 11.8 Å². The van der Waals surface area contributed by atoms with Gasteiger partial charge in [0.1, 0.15) is 23.8 Å². The molecule has 2 amide bonds. The number of fused-ring (bicyclic) bond motifs is 1. The van der Waals surface area contributed by atoms with Crippen LogP contribution in [-0.2, 0) is 22.7 Å². The Kier molecular flexibility index (Phi) is 7.72. The summed E-state index contributed by atoms with van der Waals surface area (Å²) in [5.74, 6) is 2.79. The summed E-state index contributed by atoms with van der Waals surface area (Å²) in [6, 6.07) is 18.3. The first-order valence-electron chi connectivity index (χ1n) is 11.3. The molecule has 2 aromatic carbocycles. The molecule has 0 atom stereocenters. The van der Waals surface area contributed by atoms with Crippen LogP contribution in [0.1, 0.15) is 17.1 Å². The van der Waals surface area contributed by atoms with Crippen molar-refractivity contribution in [3.8, 4) is 17.2 Å². The molecule has 1 aliphatic heterocycles. The molecule has 35 heavy (non-hydrogen) atoms. The van der Waals surface area contributed by atoms with Crippen molar-refractivity contribution in [2.75, 3.05) is 26.5 Å². The maximum Gasteiger partial charge on any atom is 0.261 e. The van der Waals surface area contributed by atoms with Crippen LogP contribution in [0.4, 0.5) is 0 Å². The number of rotatable bonds is 11. The molecule has 0 N–H and O–H groups in total. The Hall–Kier alpha value is -4.20. The molecule has 0 fully saturated rings. The molecule has 1 aliphatic rings. The van der Waals surface area contributed by atoms with Gasteiger partial charge in [-0.1, -0.05) is 30.3 Å². The number of hydrogen-bond acceptors (Lipinski definition) is 6. The maximum absolute atomic E-state index is 13.4. The lowest BCUT2D eigenvalue weighted by Crippen LogP contribution is -2.44. The Morgan fingerprint density at radius 2 is 1.77 bits per heavy atom. The van der Waals surface area contributed by atoms with Crippen LogP contribution >= 0.6 is 0 Å². The van der Waals surface area contributed by atoms with Gasteiger partial charge in [-0.05, 0) is 48.9 Å². The summed E-state index contributed by atoms with van der Waals surface area (Å²) in [5.41, 5.74) is 0.875. The van der Waals surface area contributed by atoms with Gasteiger partial charge in [-0.2, -0.15) is 0 Å². The molecule has 0 aliphatic carbocycles. The highest BCUT2D eigenvalue weighted by atomic mass is 16.7. The first kappa shape index (κ1) is 23.9. The second-order valence-corrected chi connectivity index (χ2v) is 8.11. The molecule has 8 nitrogen and oxygen atoms in total. The number of carbonyl (C=O) groups is 2. The zero-order valence-electron chi connectivity index (χ0n) is 19.6. The Morgan fingerprint density at radius 3 is 2.51 bits per heavy atom. The van der Waals surface area contributed by atoms with Crippen LogP contribution in [-0.4, -0.2) is 48.1 Å². The summed E-state index contributed by atoms with van der Waals surface area (Å²) >= 11 is 0. The fourth-order valence-electron chi connectivity index (χ4n) is 3.68. The van der Waals surface area contributed by atoms with Crippen molar-refractivity contribution in [1.29, 1.82) is 0 Å². The van der Waals surface area contributed by atoms with Gasteiger partial charge < -0.3 is 28.4 Å². The second-order valence-electron chi connectivity index (χ2n) is 8.11. The minimum Gasteiger partial charge on any atom is -0.484 e. The molecular weight excluding hydrogens is 448 g/mol. The highest BCUT2D eigenvalue weighted by molar-refractivity contribution is 5.85. The fraction of sp³-hybridized carbons (Fsp3) is 0.259. The third kappa shape index (κ3) is 6.44. The molecule has 3 aromatic rings. The van der Waals surface area contributed by atoms with E-state index in [9.17, 15) is 9.59 Å². The third-order valence-electron chi connectivity index (χ3n) is 5.44. The zero-order chi connectivity index (χ0) is 24.6. The lowest BCUT2D eigenvalue weighted by molar-refractivity contribution is -0.142. The lowest BCUT2D eigenvalue weighted by atomic mass is 10.2. The highest BCUT2D eigenvalue weighted by Gasteiger charge is 2.23. The van der Waals surface area contributed by atoms with Crippen molar-refractivity contribution in [2.24, 2.45) is 0 Å². The normalized spacial score (nSPS) is 11.7. The Labute approximate surface area is 204 Å². The molecule has 2 heterocycles. The van der Waals surface area contributed by atoms with E-state index in [2.05, 4.69) is 6.58 Å². The summed E-state index contributed by atoms with van der Waals surface area (Å²) < 4.78 is 22.1. The van der Waals surface area contributed by atoms with E-state index in [1.165, 1.54) is 4.90 Å². The van der Waals surface area contributed by atoms with Crippen molar-refractivity contribution < 1.29 is 28.2 Å². The van der Waals surface area contributed by atoms with Crippen LogP contribution in [0.25, 0.3) is 0 Å². The summed E-state index contributed by atoms with van der Waals surface area (Å²) in [7, 11) is 0. The van der Waals surface area contributed by atoms with Crippen LogP contribution in [0.15, 0.2) is 77.7 Å². The molecule has 0 radical (unpaired) electrons. The Morgan fingerprint density at radius 1 is 0.971 bits per heavy atom. The predicted molar refractivity (Wildman–Crippen MR) is 129 cm³/mol. The number of furan rings is 1. The number of ether oxygens (including phenoxy) is 3. The van der Waals surface area contributed by atoms with Gasteiger partial charge in [0.05, 0.1) is 6.54 Å². The van der Waals surface area contributed by atoms with Crippen LogP contribution in [0, 0.1) is 6.92 Å². The van der Waals surface area contributed by atoms with E-state index in [0.29, 0.717) is 29.6 Å². The smallest absolute Gasteiger partial charge is 0.261 e. The van der Waals surface area contributed by atoms with Gasteiger partial charge in [0.25, 0.3) is 5.91 Å². The molecule has 0 saturated heterocycles. The first-order valence-corrected chi connectivity index (χ1v) is 11.3. The van der Waals surface area contributed by atoms with Gasteiger partial charge in [-0.15, -0.1) is 6.58 Å². The van der Waals surface area contributed by atoms with Gasteiger partial charge in [0.15, 0.2) is 18.1 Å². The minimum absolute atomic E-state index is 0.118. The van der Waals surface area contributed by atoms with Gasteiger partial charge in [-0.25, -0.2) is 0 Å². The van der Waals surface area contributed by atoms with E-state index < -0.39 is 0 Å². The molecule has 0 unspecified atom stereocenters. The van der Waals surface area contributed by atoms with E-state index in [0.717, 1.165) is 11.3 Å². The van der Waals surface area contributed by atoms with Gasteiger partial charge in [0, 0.05) is 13.1 Å². The minimum atomic E-state index is -0.307. The topological polar surface area (TPSA) is 81.5 Å². The monoisotopic (exact) mass is 476 g/mol. The number of nitrogens with zero attached hydrogens (tertiary/aromatic N) is 2. The fourth-order valence-corrected chi connectivity index (χ4v) is 3.68. The predicted octanol–water partition coefficient (Wildman–Crippen LogP) is 3.94. The summed E-state index contributed by atoms with van der Waals surface area (Å²) in [6.45, 7) is 6.26. The zero-order valence-corrected chi connectivity index (χ0v) is 19.6. The quantitative estimate of drug-likeness (QED) is 0.390. The summed E-state index contributed by atoms with van der Waals surface area (Å²) in [4.78, 5) is 29.3. The standard InChI is InChI=1S/C27H28N2O6/c1-3-13-28(27(31)18-32-22-7-5-4-6-8-22)17-26(30)29(16-23-11-9-20(2)35-23)15-21-10-12-24-25(14-21)34-19-33-24/h3-12,14H,1,13,15-19H2,2H3. The van der Waals surface area contributed by atoms with Crippen LogP contribution in [0.3, 0.4) is 0 Å². The van der Waals surface area contributed by atoms with Crippen molar-refractivity contribution in [2.45, 2.75) is 20.0 Å². The van der Waals surface area contributed by atoms with E-state index in [1.54, 1.807) is 23.1 Å². The summed E-state index contributed by atoms with van der Waals surface area (Å²) in [6.07, 6.45) is 1.59. The number of carbonyl (C=O) groups excluding carboxylic acids is 2. The molecule has 0 spiro atoms. The average Bonchev–Trinajstić information content (AvgIpc) is 3.50. The highest BCUT2D eigenvalue weighted by Crippen LogP contribution is 2.33. The van der Waals surface area contributed by atoms with Crippen molar-refractivity contribution in [3.63, 3.8) is 0 Å². The number of para-hydroxylation sites is 1. The molecular formula is C27H28N2O6. The first-order chi connectivity index (χ1) is 17.0. The molecule has 182 valence electrons. The molecule has 0 bridgehead atoms. The van der Waals surface area contributed by atoms with Gasteiger partial charge in [0.2, 0.25) is 12.7 Å². The molecule has 0 saturated carbocycles. The van der Waals surface area contributed by atoms with Crippen LogP contribution in [0.2, 0.25) is 0 Å². The lowest BCUT2D eigenvalue weighted by Gasteiger charge is -2.27. The Balaban J connectivity index is 1.46. The Bertz CT molecular complexity index is 1170. The number of benzene rings is 2. The number of amides is 2. The van der Waals surface area contributed by atoms with E-state index in [4.69, 9.17) is 18.6 Å². The number of hydrogen-bond donors (Lipinski definition) is 0. The third-order valence-corrected chi connectivity index (χ3v) is 5.44. The molecule has 8 heteroatoms. The van der Waals surface area contributed by atoms with Gasteiger partial charge in [-0.3, -0.25) is 9.59 Å². The van der Waals surface area contributed by atoms with Gasteiger partial charge >= 0.3 is 0 Å². The van der Waals surface area contributed by atoms with E-state index in [-0.39, 0.29) is 44.8 Å². The van der Waals surface area contributed by atoms with E-state index in [1.807, 2.05) is 55.5 Å². The van der Waals surface area contributed by atoms with E-state index >= 15 is 0 Å². The number of aryl methyl sites for hydroxylation is 1. The van der Waals surface area contributed by atoms with Crippen molar-refractivity contribution in [1.82, 2.24) is 9.80 Å². The maximum atomic E-state index is 13.4. The largest absolute Gasteiger partial charge is 0.484 e.